The maximum Gasteiger partial charge on any atom is 0.381 e. The Morgan fingerprint density at radius 1 is 0.500 bits per heavy atom. The van der Waals surface area contributed by atoms with E-state index in [0.717, 1.165) is 0 Å². The predicted octanol–water partition coefficient (Wildman–Crippen LogP) is 3.47. The van der Waals surface area contributed by atoms with Crippen molar-refractivity contribution in [1.29, 1.82) is 0 Å². The van der Waals surface area contributed by atoms with E-state index >= 15 is 0 Å². The second kappa shape index (κ2) is 3.95. The Hall–Kier alpha value is -0.700. The molecule has 10 heteroatoms. The summed E-state index contributed by atoms with van der Waals surface area (Å²) in [7, 11) is 0. The fraction of sp³-hybridized carbons (Fsp3) is 1.00. The molecule has 0 spiro atoms. The van der Waals surface area contributed by atoms with Crippen LogP contribution in [0.25, 0.3) is 0 Å². The summed E-state index contributed by atoms with van der Waals surface area (Å²) in [6.45, 7) is -6.56. The van der Waals surface area contributed by atoms with E-state index < -0.39 is 37.0 Å². The van der Waals surface area contributed by atoms with Crippen molar-refractivity contribution in [2.75, 3.05) is 13.3 Å². The fourth-order valence-electron chi connectivity index (χ4n) is 0.627. The topological polar surface area (TPSA) is 0 Å². The Morgan fingerprint density at radius 3 is 0.812 bits per heavy atom. The molecule has 0 rings (SSSR count). The lowest BCUT2D eigenvalue weighted by Gasteiger charge is -2.34. The highest BCUT2D eigenvalue weighted by Crippen LogP contribution is 2.52. The molecule has 0 atom stereocenters. The molecule has 0 aliphatic heterocycles. The highest BCUT2D eigenvalue weighted by Gasteiger charge is 2.80. The van der Waals surface area contributed by atoms with Crippen molar-refractivity contribution in [3.05, 3.63) is 0 Å². The molecule has 0 bridgehead atoms. The van der Waals surface area contributed by atoms with E-state index in [2.05, 4.69) is 0 Å². The largest absolute Gasteiger partial charge is 0.381 e. The van der Waals surface area contributed by atoms with E-state index in [1.54, 1.807) is 0 Å². The number of hydrogen-bond acceptors (Lipinski definition) is 0. The van der Waals surface area contributed by atoms with Crippen molar-refractivity contribution in [2.24, 2.45) is 0 Å². The van der Waals surface area contributed by atoms with Crippen LogP contribution >= 0.6 is 0 Å². The molecule has 0 aliphatic rings. The molecule has 0 aromatic heterocycles. The van der Waals surface area contributed by atoms with Gasteiger partial charge >= 0.3 is 23.7 Å². The highest BCUT2D eigenvalue weighted by atomic mass is 19.4. The summed E-state index contributed by atoms with van der Waals surface area (Å²) in [6, 6.07) is 0. The quantitative estimate of drug-likeness (QED) is 0.668. The third-order valence-electron chi connectivity index (χ3n) is 1.65. The first-order valence-electron chi connectivity index (χ1n) is 3.50. The van der Waals surface area contributed by atoms with E-state index in [1.807, 2.05) is 0 Å². The number of hydrogen-bond donors (Lipinski definition) is 0. The van der Waals surface area contributed by atoms with Crippen molar-refractivity contribution < 1.29 is 43.9 Å². The van der Waals surface area contributed by atoms with Crippen LogP contribution in [0.3, 0.4) is 0 Å². The van der Waals surface area contributed by atoms with E-state index in [-0.39, 0.29) is 0 Å². The molecule has 0 aromatic carbocycles. The SMILES string of the molecule is FCC(F)(F)C(F)(F)C(F)(F)C(F)(F)CF. The van der Waals surface area contributed by atoms with Gasteiger partial charge in [0, 0.05) is 0 Å². The normalized spacial score (nSPS) is 15.4. The van der Waals surface area contributed by atoms with Crippen LogP contribution in [-0.2, 0) is 0 Å². The molecule has 0 aromatic rings. The Morgan fingerprint density at radius 2 is 0.688 bits per heavy atom. The summed E-state index contributed by atoms with van der Waals surface area (Å²) in [5, 5.41) is 0. The first-order valence-corrected chi connectivity index (χ1v) is 3.50. The van der Waals surface area contributed by atoms with E-state index in [1.165, 1.54) is 0 Å². The lowest BCUT2D eigenvalue weighted by Crippen LogP contribution is -2.63. The third-order valence-corrected chi connectivity index (χ3v) is 1.65. The van der Waals surface area contributed by atoms with Crippen LogP contribution in [0.15, 0.2) is 0 Å². The zero-order valence-electron chi connectivity index (χ0n) is 7.19. The van der Waals surface area contributed by atoms with E-state index in [0.29, 0.717) is 0 Å². The van der Waals surface area contributed by atoms with Gasteiger partial charge in [0.15, 0.2) is 13.3 Å². The van der Waals surface area contributed by atoms with Gasteiger partial charge in [-0.15, -0.1) is 0 Å². The van der Waals surface area contributed by atoms with Gasteiger partial charge in [-0.05, 0) is 0 Å². The standard InChI is InChI=1S/C6H4F10/c7-1-3(9,10)5(13,14)6(15,16)4(11,12)2-8/h1-2H2. The fourth-order valence-corrected chi connectivity index (χ4v) is 0.627. The summed E-state index contributed by atoms with van der Waals surface area (Å²) in [6.07, 6.45) is 0. The van der Waals surface area contributed by atoms with E-state index in [9.17, 15) is 43.9 Å². The van der Waals surface area contributed by atoms with Gasteiger partial charge in [-0.1, -0.05) is 0 Å². The molecule has 0 saturated heterocycles. The van der Waals surface area contributed by atoms with Gasteiger partial charge in [0.1, 0.15) is 0 Å². The average Bonchev–Trinajstić information content (AvgIpc) is 2.16. The Bertz CT molecular complexity index is 218. The summed E-state index contributed by atoms with van der Waals surface area (Å²) < 4.78 is 120. The molecular formula is C6H4F10. The summed E-state index contributed by atoms with van der Waals surface area (Å²) in [5.74, 6) is -25.4. The lowest BCUT2D eigenvalue weighted by atomic mass is 10.00. The number of rotatable bonds is 5. The van der Waals surface area contributed by atoms with Crippen LogP contribution in [-0.4, -0.2) is 37.0 Å². The third kappa shape index (κ3) is 1.93. The maximum absolute atomic E-state index is 12.3. The van der Waals surface area contributed by atoms with Crippen molar-refractivity contribution in [3.8, 4) is 0 Å². The summed E-state index contributed by atoms with van der Waals surface area (Å²) in [5.41, 5.74) is 0. The Balaban J connectivity index is 5.46. The summed E-state index contributed by atoms with van der Waals surface area (Å²) in [4.78, 5) is 0. The lowest BCUT2D eigenvalue weighted by molar-refractivity contribution is -0.368. The zero-order chi connectivity index (χ0) is 13.4. The Kier molecular flexibility index (Phi) is 3.78. The van der Waals surface area contributed by atoms with Crippen LogP contribution in [0.5, 0.6) is 0 Å². The van der Waals surface area contributed by atoms with Crippen molar-refractivity contribution in [2.45, 2.75) is 23.7 Å². The van der Waals surface area contributed by atoms with Crippen LogP contribution in [0.4, 0.5) is 43.9 Å². The smallest absolute Gasteiger partial charge is 0.244 e. The molecule has 0 N–H and O–H groups in total. The molecule has 0 fully saturated rings. The minimum absolute atomic E-state index is 3.28. The first-order chi connectivity index (χ1) is 6.87. The van der Waals surface area contributed by atoms with E-state index in [4.69, 9.17) is 0 Å². The molecule has 0 radical (unpaired) electrons. The second-order valence-electron chi connectivity index (χ2n) is 2.82. The van der Waals surface area contributed by atoms with Gasteiger partial charge in [-0.2, -0.15) is 35.1 Å². The van der Waals surface area contributed by atoms with Crippen LogP contribution in [0.2, 0.25) is 0 Å². The zero-order valence-corrected chi connectivity index (χ0v) is 7.19. The van der Waals surface area contributed by atoms with Gasteiger partial charge in [0.2, 0.25) is 0 Å². The van der Waals surface area contributed by atoms with Gasteiger partial charge < -0.3 is 0 Å². The molecule has 0 unspecified atom stereocenters. The van der Waals surface area contributed by atoms with Gasteiger partial charge in [-0.3, -0.25) is 0 Å². The van der Waals surface area contributed by atoms with Crippen molar-refractivity contribution in [1.82, 2.24) is 0 Å². The molecule has 0 amide bonds. The predicted molar refractivity (Wildman–Crippen MR) is 31.7 cm³/mol. The van der Waals surface area contributed by atoms with Gasteiger partial charge in [0.25, 0.3) is 0 Å². The molecule has 0 aliphatic carbocycles. The van der Waals surface area contributed by atoms with Crippen LogP contribution < -0.4 is 0 Å². The van der Waals surface area contributed by atoms with Gasteiger partial charge in [0.05, 0.1) is 0 Å². The van der Waals surface area contributed by atoms with Gasteiger partial charge in [-0.25, -0.2) is 8.78 Å². The van der Waals surface area contributed by atoms with Crippen LogP contribution in [0.1, 0.15) is 0 Å². The monoisotopic (exact) mass is 266 g/mol. The first kappa shape index (κ1) is 15.3. The van der Waals surface area contributed by atoms with Crippen LogP contribution in [0, 0.1) is 0 Å². The minimum atomic E-state index is -6.70. The second-order valence-corrected chi connectivity index (χ2v) is 2.82. The van der Waals surface area contributed by atoms with Crippen molar-refractivity contribution >= 4 is 0 Å². The molecule has 98 valence electrons. The molecule has 0 nitrogen and oxygen atoms in total. The highest BCUT2D eigenvalue weighted by molar-refractivity contribution is 5.03. The molecule has 0 heterocycles. The molecule has 0 saturated carbocycles. The summed E-state index contributed by atoms with van der Waals surface area (Å²) >= 11 is 0. The number of alkyl halides is 10. The number of halogens is 10. The molecular weight excluding hydrogens is 262 g/mol. The molecule has 16 heavy (non-hydrogen) atoms. The minimum Gasteiger partial charge on any atom is -0.244 e. The maximum atomic E-state index is 12.3. The van der Waals surface area contributed by atoms with Crippen molar-refractivity contribution in [3.63, 3.8) is 0 Å². The Labute approximate surface area is 82.2 Å². The average molecular weight is 266 g/mol.